The molecule has 1 aliphatic rings. The first-order valence-electron chi connectivity index (χ1n) is 6.60. The smallest absolute Gasteiger partial charge is 0.196 e. The molecule has 0 amide bonds. The lowest BCUT2D eigenvalue weighted by atomic mass is 10.2. The number of aromatic nitrogens is 4. The number of hydrogen-bond acceptors (Lipinski definition) is 5. The van der Waals surface area contributed by atoms with Crippen LogP contribution in [-0.4, -0.2) is 26.8 Å². The molecule has 0 atom stereocenters. The molecule has 100 valence electrons. The highest BCUT2D eigenvalue weighted by Gasteiger charge is 2.15. The fourth-order valence-electron chi connectivity index (χ4n) is 2.25. The highest BCUT2D eigenvalue weighted by Crippen LogP contribution is 2.29. The molecule has 19 heavy (non-hydrogen) atoms. The zero-order valence-corrected chi connectivity index (χ0v) is 11.8. The van der Waals surface area contributed by atoms with Crippen LogP contribution in [0.4, 0.5) is 5.82 Å². The normalized spacial score (nSPS) is 14.8. The van der Waals surface area contributed by atoms with Crippen molar-refractivity contribution in [3.63, 3.8) is 0 Å². The van der Waals surface area contributed by atoms with Crippen LogP contribution in [0, 0.1) is 0 Å². The molecule has 6 heteroatoms. The summed E-state index contributed by atoms with van der Waals surface area (Å²) in [4.78, 5) is 5.36. The fourth-order valence-corrected chi connectivity index (χ4v) is 3.15. The van der Waals surface area contributed by atoms with Gasteiger partial charge in [-0.3, -0.25) is 0 Å². The summed E-state index contributed by atoms with van der Waals surface area (Å²) < 4.78 is 2.26. The second-order valence-electron chi connectivity index (χ2n) is 4.59. The predicted molar refractivity (Wildman–Crippen MR) is 75.5 cm³/mol. The van der Waals surface area contributed by atoms with Gasteiger partial charge in [-0.25, -0.2) is 4.98 Å². The Bertz CT molecular complexity index is 566. The van der Waals surface area contributed by atoms with Gasteiger partial charge in [0.1, 0.15) is 11.6 Å². The first-order chi connectivity index (χ1) is 9.36. The fraction of sp³-hybridized carbons (Fsp3) is 0.462. The average molecular weight is 275 g/mol. The van der Waals surface area contributed by atoms with Crippen molar-refractivity contribution in [2.24, 2.45) is 0 Å². The van der Waals surface area contributed by atoms with Crippen molar-refractivity contribution in [1.29, 1.82) is 0 Å². The van der Waals surface area contributed by atoms with Crippen molar-refractivity contribution in [2.45, 2.75) is 42.3 Å². The van der Waals surface area contributed by atoms with Crippen LogP contribution in [0.2, 0.25) is 0 Å². The van der Waals surface area contributed by atoms with E-state index in [0.717, 1.165) is 34.7 Å². The van der Waals surface area contributed by atoms with Crippen LogP contribution in [0.25, 0.3) is 0 Å². The maximum absolute atomic E-state index is 4.33. The van der Waals surface area contributed by atoms with Crippen molar-refractivity contribution >= 4 is 17.6 Å². The molecule has 1 N–H and O–H groups in total. The van der Waals surface area contributed by atoms with E-state index >= 15 is 0 Å². The van der Waals surface area contributed by atoms with Gasteiger partial charge in [0.25, 0.3) is 0 Å². The Morgan fingerprint density at radius 1 is 1.26 bits per heavy atom. The Balaban J connectivity index is 1.84. The van der Waals surface area contributed by atoms with Gasteiger partial charge in [0.05, 0.1) is 0 Å². The molecule has 1 aliphatic heterocycles. The first-order valence-corrected chi connectivity index (χ1v) is 7.42. The maximum Gasteiger partial charge on any atom is 0.196 e. The number of aryl methyl sites for hydroxylation is 1. The molecule has 0 saturated heterocycles. The monoisotopic (exact) mass is 275 g/mol. The Morgan fingerprint density at radius 3 is 3.11 bits per heavy atom. The standard InChI is InChI=1S/C13H17N5S/c1-14-11-9-10(6-7-15-11)19-13-17-16-12-5-3-2-4-8-18(12)13/h6-7,9H,2-5,8H2,1H3,(H,14,15). The minimum absolute atomic E-state index is 0.876. The third kappa shape index (κ3) is 2.73. The minimum atomic E-state index is 0.876. The highest BCUT2D eigenvalue weighted by molar-refractivity contribution is 7.99. The lowest BCUT2D eigenvalue weighted by Gasteiger charge is -2.07. The van der Waals surface area contributed by atoms with Crippen LogP contribution in [0.15, 0.2) is 28.4 Å². The molecule has 0 bridgehead atoms. The molecule has 0 spiro atoms. The van der Waals surface area contributed by atoms with Crippen LogP contribution in [0.3, 0.4) is 0 Å². The van der Waals surface area contributed by atoms with Gasteiger partial charge in [-0.2, -0.15) is 0 Å². The Hall–Kier alpha value is -1.56. The summed E-state index contributed by atoms with van der Waals surface area (Å²) in [5.74, 6) is 2.00. The van der Waals surface area contributed by atoms with Gasteiger partial charge >= 0.3 is 0 Å². The van der Waals surface area contributed by atoms with Crippen LogP contribution in [0.1, 0.15) is 25.1 Å². The molecule has 0 fully saturated rings. The maximum atomic E-state index is 4.33. The second kappa shape index (κ2) is 5.61. The number of nitrogens with zero attached hydrogens (tertiary/aromatic N) is 4. The Labute approximate surface area is 116 Å². The first kappa shape index (κ1) is 12.5. The van der Waals surface area contributed by atoms with E-state index in [9.17, 15) is 0 Å². The van der Waals surface area contributed by atoms with Gasteiger partial charge in [0.2, 0.25) is 0 Å². The molecule has 5 nitrogen and oxygen atoms in total. The van der Waals surface area contributed by atoms with Crippen molar-refractivity contribution < 1.29 is 0 Å². The lowest BCUT2D eigenvalue weighted by Crippen LogP contribution is -2.02. The van der Waals surface area contributed by atoms with Gasteiger partial charge in [-0.1, -0.05) is 6.42 Å². The van der Waals surface area contributed by atoms with E-state index < -0.39 is 0 Å². The third-order valence-corrected chi connectivity index (χ3v) is 4.25. The summed E-state index contributed by atoms with van der Waals surface area (Å²) in [5, 5.41) is 12.7. The summed E-state index contributed by atoms with van der Waals surface area (Å²) in [6.45, 7) is 1.04. The molecule has 0 aromatic carbocycles. The molecule has 0 radical (unpaired) electrons. The SMILES string of the molecule is CNc1cc(Sc2nnc3n2CCCCC3)ccn1. The van der Waals surface area contributed by atoms with Gasteiger partial charge < -0.3 is 9.88 Å². The lowest BCUT2D eigenvalue weighted by molar-refractivity contribution is 0.591. The van der Waals surface area contributed by atoms with E-state index in [1.165, 1.54) is 19.3 Å². The molecule has 2 aromatic heterocycles. The highest BCUT2D eigenvalue weighted by atomic mass is 32.2. The quantitative estimate of drug-likeness (QED) is 0.933. The van der Waals surface area contributed by atoms with E-state index in [4.69, 9.17) is 0 Å². The molecule has 2 aromatic rings. The van der Waals surface area contributed by atoms with E-state index in [0.29, 0.717) is 0 Å². The molecular formula is C13H17N5S. The summed E-state index contributed by atoms with van der Waals surface area (Å²) in [7, 11) is 1.87. The van der Waals surface area contributed by atoms with Crippen molar-refractivity contribution in [1.82, 2.24) is 19.7 Å². The van der Waals surface area contributed by atoms with E-state index in [2.05, 4.69) is 25.1 Å². The molecule has 0 unspecified atom stereocenters. The number of fused-ring (bicyclic) bond motifs is 1. The van der Waals surface area contributed by atoms with E-state index in [1.807, 2.05) is 25.4 Å². The molecule has 3 rings (SSSR count). The average Bonchev–Trinajstić information content (AvgIpc) is 2.68. The Kier molecular flexibility index (Phi) is 3.68. The van der Waals surface area contributed by atoms with E-state index in [-0.39, 0.29) is 0 Å². The topological polar surface area (TPSA) is 55.6 Å². The van der Waals surface area contributed by atoms with Crippen LogP contribution < -0.4 is 5.32 Å². The summed E-state index contributed by atoms with van der Waals surface area (Å²) in [6, 6.07) is 4.03. The van der Waals surface area contributed by atoms with Crippen LogP contribution >= 0.6 is 11.8 Å². The van der Waals surface area contributed by atoms with Gasteiger partial charge in [-0.15, -0.1) is 10.2 Å². The number of pyridine rings is 1. The summed E-state index contributed by atoms with van der Waals surface area (Å²) in [5.41, 5.74) is 0. The third-order valence-electron chi connectivity index (χ3n) is 3.27. The molecule has 3 heterocycles. The summed E-state index contributed by atoms with van der Waals surface area (Å²) in [6.07, 6.45) is 6.59. The number of anilines is 1. The minimum Gasteiger partial charge on any atom is -0.373 e. The van der Waals surface area contributed by atoms with E-state index in [1.54, 1.807) is 11.8 Å². The largest absolute Gasteiger partial charge is 0.373 e. The Morgan fingerprint density at radius 2 is 2.21 bits per heavy atom. The number of nitrogens with one attached hydrogen (secondary N) is 1. The number of rotatable bonds is 3. The second-order valence-corrected chi connectivity index (χ2v) is 5.63. The van der Waals surface area contributed by atoms with Crippen LogP contribution in [-0.2, 0) is 13.0 Å². The zero-order chi connectivity index (χ0) is 13.1. The predicted octanol–water partition coefficient (Wildman–Crippen LogP) is 2.59. The van der Waals surface area contributed by atoms with Crippen molar-refractivity contribution in [3.8, 4) is 0 Å². The zero-order valence-electron chi connectivity index (χ0n) is 11.0. The van der Waals surface area contributed by atoms with Gasteiger partial charge in [0.15, 0.2) is 5.16 Å². The van der Waals surface area contributed by atoms with Gasteiger partial charge in [0, 0.05) is 31.1 Å². The summed E-state index contributed by atoms with van der Waals surface area (Å²) >= 11 is 1.66. The number of hydrogen-bond donors (Lipinski definition) is 1. The van der Waals surface area contributed by atoms with Crippen molar-refractivity contribution in [3.05, 3.63) is 24.2 Å². The molecular weight excluding hydrogens is 258 g/mol. The van der Waals surface area contributed by atoms with Gasteiger partial charge in [-0.05, 0) is 36.7 Å². The molecule has 0 aliphatic carbocycles. The van der Waals surface area contributed by atoms with Crippen LogP contribution in [0.5, 0.6) is 0 Å². The molecule has 0 saturated carbocycles. The van der Waals surface area contributed by atoms with Crippen molar-refractivity contribution in [2.75, 3.05) is 12.4 Å².